The molecule has 0 atom stereocenters. The molecule has 2 heterocycles. The number of hydrogen-bond acceptors (Lipinski definition) is 6. The maximum atomic E-state index is 10.9. The number of aromatic nitrogens is 2. The summed E-state index contributed by atoms with van der Waals surface area (Å²) < 4.78 is 24.7. The normalized spacial score (nSPS) is 10.7. The van der Waals surface area contributed by atoms with Crippen molar-refractivity contribution in [2.45, 2.75) is 4.34 Å². The van der Waals surface area contributed by atoms with Crippen molar-refractivity contribution >= 4 is 96.8 Å². The molecule has 0 spiro atoms. The molecule has 4 nitrogen and oxygen atoms in total. The summed E-state index contributed by atoms with van der Waals surface area (Å²) in [6.45, 7) is 0. The van der Waals surface area contributed by atoms with E-state index in [1.54, 1.807) is 29.5 Å². The van der Waals surface area contributed by atoms with Crippen molar-refractivity contribution < 1.29 is 8.42 Å². The monoisotopic (exact) mass is 470 g/mol. The number of fused-ring (bicyclic) bond motifs is 2. The molecular formula is C14H9Cl3N2O2S4. The first-order valence-electron chi connectivity index (χ1n) is 6.46. The van der Waals surface area contributed by atoms with Crippen LogP contribution in [-0.4, -0.2) is 18.4 Å². The third kappa shape index (κ3) is 5.62. The number of nitrogens with zero attached hydrogens (tertiary/aromatic N) is 1. The molecular weight excluding hydrogens is 463 g/mol. The van der Waals surface area contributed by atoms with Gasteiger partial charge >= 0.3 is 0 Å². The van der Waals surface area contributed by atoms with Crippen LogP contribution in [0.4, 0.5) is 0 Å². The molecule has 0 amide bonds. The Hall–Kier alpha value is -0.740. The second-order valence-electron chi connectivity index (χ2n) is 4.40. The topological polar surface area (TPSA) is 62.8 Å². The maximum absolute atomic E-state index is 10.9. The van der Waals surface area contributed by atoms with Gasteiger partial charge in [-0.15, -0.1) is 22.7 Å². The zero-order valence-corrected chi connectivity index (χ0v) is 17.7. The number of thiazole rings is 2. The molecule has 2 aromatic carbocycles. The summed E-state index contributed by atoms with van der Waals surface area (Å²) in [5.41, 5.74) is 1.80. The van der Waals surface area contributed by atoms with E-state index in [0.29, 0.717) is 5.52 Å². The molecule has 0 saturated carbocycles. The predicted molar refractivity (Wildman–Crippen MR) is 111 cm³/mol. The molecule has 2 aromatic heterocycles. The molecule has 0 saturated heterocycles. The molecule has 11 heteroatoms. The fourth-order valence-corrected chi connectivity index (χ4v) is 4.92. The summed E-state index contributed by atoms with van der Waals surface area (Å²) in [7, 11) is 9.69. The zero-order valence-electron chi connectivity index (χ0n) is 12.1. The molecule has 0 bridgehead atoms. The van der Waals surface area contributed by atoms with Crippen molar-refractivity contribution in [3.8, 4) is 0 Å². The highest BCUT2D eigenvalue weighted by molar-refractivity contribution is 8.15. The van der Waals surface area contributed by atoms with E-state index in [2.05, 4.69) is 37.7 Å². The average Bonchev–Trinajstić information content (AvgIpc) is 3.19. The van der Waals surface area contributed by atoms with Gasteiger partial charge in [-0.3, -0.25) is 0 Å². The van der Waals surface area contributed by atoms with Gasteiger partial charge < -0.3 is 4.98 Å². The van der Waals surface area contributed by atoms with E-state index in [1.807, 2.05) is 24.3 Å². The van der Waals surface area contributed by atoms with Gasteiger partial charge in [0.25, 0.3) is 9.05 Å². The van der Waals surface area contributed by atoms with Crippen LogP contribution in [0.3, 0.4) is 0 Å². The van der Waals surface area contributed by atoms with Crippen LogP contribution in [0.5, 0.6) is 0 Å². The van der Waals surface area contributed by atoms with E-state index in [0.717, 1.165) is 25.5 Å². The van der Waals surface area contributed by atoms with Gasteiger partial charge in [0.05, 0.1) is 20.4 Å². The SMILES string of the molecule is ClCl.O=S(=O)(Cl)c1nc2ccccc2s1.S=c1[nH]c2ccccc2s1. The van der Waals surface area contributed by atoms with Gasteiger partial charge in [0.1, 0.15) is 0 Å². The van der Waals surface area contributed by atoms with Crippen LogP contribution in [-0.2, 0) is 9.05 Å². The Morgan fingerprint density at radius 3 is 2.16 bits per heavy atom. The molecule has 0 fully saturated rings. The van der Waals surface area contributed by atoms with Gasteiger partial charge in [-0.2, -0.15) is 0 Å². The van der Waals surface area contributed by atoms with E-state index in [4.69, 9.17) is 22.9 Å². The number of H-pyrrole nitrogens is 1. The lowest BCUT2D eigenvalue weighted by Crippen LogP contribution is -1.87. The van der Waals surface area contributed by atoms with Crippen molar-refractivity contribution in [3.05, 3.63) is 52.5 Å². The first kappa shape index (κ1) is 20.6. The number of hydrogen-bond donors (Lipinski definition) is 1. The minimum atomic E-state index is -3.69. The highest BCUT2D eigenvalue weighted by atomic mass is 36.5. The van der Waals surface area contributed by atoms with E-state index in [9.17, 15) is 8.42 Å². The number of aromatic amines is 1. The molecule has 4 rings (SSSR count). The lowest BCUT2D eigenvalue weighted by Gasteiger charge is -1.82. The summed E-state index contributed by atoms with van der Waals surface area (Å²) in [6.07, 6.45) is 0. The minimum absolute atomic E-state index is 0.0460. The van der Waals surface area contributed by atoms with Crippen LogP contribution in [0.25, 0.3) is 20.4 Å². The molecule has 132 valence electrons. The first-order valence-corrected chi connectivity index (χ1v) is 12.0. The van der Waals surface area contributed by atoms with Crippen molar-refractivity contribution in [1.29, 1.82) is 0 Å². The fraction of sp³-hybridized carbons (Fsp3) is 0. The smallest absolute Gasteiger partial charge is 0.288 e. The lowest BCUT2D eigenvalue weighted by atomic mass is 10.3. The van der Waals surface area contributed by atoms with E-state index in [1.165, 1.54) is 4.70 Å². The second kappa shape index (κ2) is 9.27. The molecule has 0 unspecified atom stereocenters. The van der Waals surface area contributed by atoms with Gasteiger partial charge in [-0.1, -0.05) is 24.3 Å². The number of nitrogens with one attached hydrogen (secondary N) is 1. The van der Waals surface area contributed by atoms with E-state index >= 15 is 0 Å². The van der Waals surface area contributed by atoms with Gasteiger partial charge in [0, 0.05) is 32.4 Å². The number of para-hydroxylation sites is 2. The standard InChI is InChI=1S/C7H4ClNO2S2.C7H5NS2.Cl2/c8-13(10,11)7-9-5-3-1-2-4-6(5)12-7;9-7-8-5-3-1-2-4-6(5)10-7;1-2/h1-4H;1-4H,(H,8,9);. The molecule has 25 heavy (non-hydrogen) atoms. The minimum Gasteiger partial charge on any atom is -0.337 e. The van der Waals surface area contributed by atoms with Gasteiger partial charge in [-0.05, 0) is 36.5 Å². The Kier molecular flexibility index (Phi) is 7.63. The van der Waals surface area contributed by atoms with Gasteiger partial charge in [-0.25, -0.2) is 13.4 Å². The fourth-order valence-electron chi connectivity index (χ4n) is 1.85. The van der Waals surface area contributed by atoms with Crippen LogP contribution >= 0.6 is 67.3 Å². The van der Waals surface area contributed by atoms with Crippen molar-refractivity contribution in [2.75, 3.05) is 0 Å². The summed E-state index contributed by atoms with van der Waals surface area (Å²) >= 11 is 7.66. The summed E-state index contributed by atoms with van der Waals surface area (Å²) in [5.74, 6) is 0. The predicted octanol–water partition coefficient (Wildman–Crippen LogP) is 6.56. The molecule has 4 aromatic rings. The van der Waals surface area contributed by atoms with Crippen molar-refractivity contribution in [3.63, 3.8) is 0 Å². The second-order valence-corrected chi connectivity index (χ2v) is 9.89. The third-order valence-electron chi connectivity index (χ3n) is 2.81. The Morgan fingerprint density at radius 2 is 1.56 bits per heavy atom. The Bertz CT molecular complexity index is 1070. The zero-order chi connectivity index (χ0) is 18.4. The molecule has 1 N–H and O–H groups in total. The highest BCUT2D eigenvalue weighted by Crippen LogP contribution is 2.26. The Balaban J connectivity index is 0.000000168. The van der Waals surface area contributed by atoms with E-state index < -0.39 is 9.05 Å². The third-order valence-corrected chi connectivity index (χ3v) is 6.99. The molecule has 0 aliphatic carbocycles. The molecule has 0 radical (unpaired) electrons. The average molecular weight is 472 g/mol. The molecule has 0 aliphatic heterocycles. The van der Waals surface area contributed by atoms with Crippen LogP contribution in [0.1, 0.15) is 0 Å². The summed E-state index contributed by atoms with van der Waals surface area (Å²) in [4.78, 5) is 6.97. The maximum Gasteiger partial charge on any atom is 0.288 e. The molecule has 0 aliphatic rings. The van der Waals surface area contributed by atoms with Gasteiger partial charge in [0.15, 0.2) is 3.95 Å². The Labute approximate surface area is 171 Å². The highest BCUT2D eigenvalue weighted by Gasteiger charge is 2.15. The van der Waals surface area contributed by atoms with Crippen LogP contribution in [0.15, 0.2) is 52.9 Å². The largest absolute Gasteiger partial charge is 0.337 e. The number of rotatable bonds is 1. The number of benzene rings is 2. The summed E-state index contributed by atoms with van der Waals surface area (Å²) in [6, 6.07) is 15.3. The number of halogens is 3. The lowest BCUT2D eigenvalue weighted by molar-refractivity contribution is 0.609. The summed E-state index contributed by atoms with van der Waals surface area (Å²) in [5, 5.41) is 0. The van der Waals surface area contributed by atoms with Gasteiger partial charge in [0.2, 0.25) is 4.34 Å². The quantitative estimate of drug-likeness (QED) is 0.252. The van der Waals surface area contributed by atoms with Crippen LogP contribution in [0, 0.1) is 3.95 Å². The van der Waals surface area contributed by atoms with Crippen LogP contribution < -0.4 is 0 Å². The van der Waals surface area contributed by atoms with Crippen LogP contribution in [0.2, 0.25) is 0 Å². The Morgan fingerprint density at radius 1 is 0.960 bits per heavy atom. The van der Waals surface area contributed by atoms with E-state index in [-0.39, 0.29) is 4.34 Å². The van der Waals surface area contributed by atoms with Crippen molar-refractivity contribution in [1.82, 2.24) is 9.97 Å². The van der Waals surface area contributed by atoms with Crippen molar-refractivity contribution in [2.24, 2.45) is 0 Å². The first-order chi connectivity index (χ1) is 11.9.